The van der Waals surface area contributed by atoms with E-state index in [0.29, 0.717) is 12.2 Å². The van der Waals surface area contributed by atoms with Gasteiger partial charge in [-0.05, 0) is 19.3 Å². The predicted molar refractivity (Wildman–Crippen MR) is 93.2 cm³/mol. The van der Waals surface area contributed by atoms with Gasteiger partial charge >= 0.3 is 0 Å². The largest absolute Gasteiger partial charge is 0.342 e. The molecular weight excluding hydrogens is 304 g/mol. The average Bonchev–Trinajstić information content (AvgIpc) is 2.98. The third-order valence-corrected chi connectivity index (χ3v) is 4.68. The topological polar surface area (TPSA) is 70.5 Å². The Kier molecular flexibility index (Phi) is 4.24. The number of aromatic nitrogens is 3. The standard InChI is InChI=1S/C18H26N4O2/c1-5-13-9-16(23)22-15(19-13)10-14(20-22)12-7-6-8-21(11-12)17(24)18(2,3)4/h9-10,12,20H,5-8,11H2,1-4H3/t12-/m1/s1. The lowest BCUT2D eigenvalue weighted by atomic mass is 9.90. The summed E-state index contributed by atoms with van der Waals surface area (Å²) in [4.78, 5) is 31.2. The van der Waals surface area contributed by atoms with E-state index in [1.54, 1.807) is 6.07 Å². The molecule has 3 rings (SSSR count). The van der Waals surface area contributed by atoms with Gasteiger partial charge in [0.05, 0.1) is 0 Å². The number of likely N-dealkylation sites (tertiary alicyclic amines) is 1. The minimum Gasteiger partial charge on any atom is -0.342 e. The van der Waals surface area contributed by atoms with E-state index in [4.69, 9.17) is 0 Å². The van der Waals surface area contributed by atoms with Crippen LogP contribution in [0.2, 0.25) is 0 Å². The highest BCUT2D eigenvalue weighted by Crippen LogP contribution is 2.29. The Balaban J connectivity index is 1.89. The van der Waals surface area contributed by atoms with E-state index < -0.39 is 0 Å². The number of amides is 1. The fourth-order valence-corrected chi connectivity index (χ4v) is 3.34. The highest BCUT2D eigenvalue weighted by Gasteiger charge is 2.32. The van der Waals surface area contributed by atoms with Crippen molar-refractivity contribution >= 4 is 11.6 Å². The molecule has 0 spiro atoms. The molecule has 1 saturated heterocycles. The van der Waals surface area contributed by atoms with Crippen LogP contribution < -0.4 is 5.56 Å². The lowest BCUT2D eigenvalue weighted by Gasteiger charge is -2.36. The molecule has 0 aliphatic carbocycles. The van der Waals surface area contributed by atoms with Gasteiger partial charge < -0.3 is 4.90 Å². The average molecular weight is 330 g/mol. The van der Waals surface area contributed by atoms with Gasteiger partial charge in [0.25, 0.3) is 5.56 Å². The molecule has 1 fully saturated rings. The molecule has 0 aromatic carbocycles. The van der Waals surface area contributed by atoms with Gasteiger partial charge in [-0.2, -0.15) is 0 Å². The van der Waals surface area contributed by atoms with E-state index in [-0.39, 0.29) is 22.8 Å². The van der Waals surface area contributed by atoms with Gasteiger partial charge in [-0.1, -0.05) is 27.7 Å². The van der Waals surface area contributed by atoms with Gasteiger partial charge in [0.15, 0.2) is 5.65 Å². The molecule has 1 N–H and O–H groups in total. The third kappa shape index (κ3) is 3.09. The van der Waals surface area contributed by atoms with Gasteiger partial charge in [-0.15, -0.1) is 0 Å². The molecule has 6 heteroatoms. The number of nitrogens with zero attached hydrogens (tertiary/aromatic N) is 3. The second kappa shape index (κ2) is 6.07. The van der Waals surface area contributed by atoms with Crippen LogP contribution in [-0.2, 0) is 11.2 Å². The number of nitrogens with one attached hydrogen (secondary N) is 1. The first-order valence-electron chi connectivity index (χ1n) is 8.70. The SMILES string of the molecule is CCc1cc(=O)n2[nH]c([C@@H]3CCCN(C(=O)C(C)(C)C)C3)cc2n1. The lowest BCUT2D eigenvalue weighted by molar-refractivity contribution is -0.140. The molecule has 2 aromatic rings. The first-order chi connectivity index (χ1) is 11.3. The number of carbonyl (C=O) groups is 1. The number of hydrogen-bond donors (Lipinski definition) is 1. The van der Waals surface area contributed by atoms with Crippen molar-refractivity contribution in [1.82, 2.24) is 19.5 Å². The number of H-pyrrole nitrogens is 1. The van der Waals surface area contributed by atoms with Crippen molar-refractivity contribution < 1.29 is 4.79 Å². The van der Waals surface area contributed by atoms with Crippen LogP contribution >= 0.6 is 0 Å². The van der Waals surface area contributed by atoms with Crippen LogP contribution in [0.4, 0.5) is 0 Å². The van der Waals surface area contributed by atoms with Gasteiger partial charge in [-0.25, -0.2) is 9.50 Å². The Bertz CT molecular complexity index is 813. The summed E-state index contributed by atoms with van der Waals surface area (Å²) in [6, 6.07) is 3.53. The number of rotatable bonds is 2. The van der Waals surface area contributed by atoms with Crippen molar-refractivity contribution in [2.75, 3.05) is 13.1 Å². The van der Waals surface area contributed by atoms with Crippen LogP contribution in [0.5, 0.6) is 0 Å². The Morgan fingerprint density at radius 1 is 1.38 bits per heavy atom. The molecule has 0 unspecified atom stereocenters. The van der Waals surface area contributed by atoms with Gasteiger partial charge in [0.2, 0.25) is 5.91 Å². The number of carbonyl (C=O) groups excluding carboxylic acids is 1. The van der Waals surface area contributed by atoms with E-state index in [2.05, 4.69) is 10.1 Å². The maximum Gasteiger partial charge on any atom is 0.272 e. The van der Waals surface area contributed by atoms with Crippen LogP contribution in [0.1, 0.15) is 57.8 Å². The second-order valence-corrected chi connectivity index (χ2v) is 7.68. The first-order valence-corrected chi connectivity index (χ1v) is 8.70. The zero-order valence-electron chi connectivity index (χ0n) is 14.9. The van der Waals surface area contributed by atoms with Crippen LogP contribution in [0, 0.1) is 5.41 Å². The highest BCUT2D eigenvalue weighted by molar-refractivity contribution is 5.81. The highest BCUT2D eigenvalue weighted by atomic mass is 16.2. The zero-order valence-corrected chi connectivity index (χ0v) is 14.9. The van der Waals surface area contributed by atoms with E-state index >= 15 is 0 Å². The minimum absolute atomic E-state index is 0.0819. The van der Waals surface area contributed by atoms with Gasteiger partial charge in [0, 0.05) is 47.9 Å². The van der Waals surface area contributed by atoms with Gasteiger partial charge in [-0.3, -0.25) is 14.7 Å². The quantitative estimate of drug-likeness (QED) is 0.919. The van der Waals surface area contributed by atoms with E-state index in [1.165, 1.54) is 4.52 Å². The monoisotopic (exact) mass is 330 g/mol. The molecule has 0 saturated carbocycles. The van der Waals surface area contributed by atoms with E-state index in [9.17, 15) is 9.59 Å². The maximum absolute atomic E-state index is 12.6. The van der Waals surface area contributed by atoms with Crippen molar-refractivity contribution in [2.24, 2.45) is 5.41 Å². The van der Waals surface area contributed by atoms with Crippen LogP contribution in [0.25, 0.3) is 5.65 Å². The van der Waals surface area contributed by atoms with Crippen LogP contribution in [0.3, 0.4) is 0 Å². The predicted octanol–water partition coefficient (Wildman–Crippen LogP) is 2.34. The van der Waals surface area contributed by atoms with Crippen LogP contribution in [-0.4, -0.2) is 38.5 Å². The van der Waals surface area contributed by atoms with Crippen molar-refractivity contribution in [2.45, 2.75) is 52.9 Å². The summed E-state index contributed by atoms with van der Waals surface area (Å²) in [6.07, 6.45) is 2.73. The summed E-state index contributed by atoms with van der Waals surface area (Å²) < 4.78 is 1.50. The van der Waals surface area contributed by atoms with Crippen molar-refractivity contribution in [1.29, 1.82) is 0 Å². The molecule has 3 heterocycles. The summed E-state index contributed by atoms with van der Waals surface area (Å²) in [5.41, 5.74) is 2.00. The second-order valence-electron chi connectivity index (χ2n) is 7.68. The third-order valence-electron chi connectivity index (χ3n) is 4.68. The molecule has 1 atom stereocenters. The summed E-state index contributed by atoms with van der Waals surface area (Å²) in [7, 11) is 0. The summed E-state index contributed by atoms with van der Waals surface area (Å²) in [6.45, 7) is 9.36. The molecule has 1 aliphatic heterocycles. The molecule has 6 nitrogen and oxygen atoms in total. The summed E-state index contributed by atoms with van der Waals surface area (Å²) in [5.74, 6) is 0.406. The maximum atomic E-state index is 12.6. The molecule has 2 aromatic heterocycles. The normalized spacial score (nSPS) is 19.0. The number of piperidine rings is 1. The van der Waals surface area contributed by atoms with Crippen LogP contribution in [0.15, 0.2) is 16.9 Å². The molecule has 24 heavy (non-hydrogen) atoms. The molecule has 0 radical (unpaired) electrons. The molecule has 1 amide bonds. The Hall–Kier alpha value is -2.11. The number of aromatic amines is 1. The molecular formula is C18H26N4O2. The van der Waals surface area contributed by atoms with Crippen molar-refractivity contribution in [3.8, 4) is 0 Å². The first kappa shape index (κ1) is 16.7. The number of fused-ring (bicyclic) bond motifs is 1. The number of aryl methyl sites for hydroxylation is 1. The molecule has 1 aliphatic rings. The van der Waals surface area contributed by atoms with Gasteiger partial charge in [0.1, 0.15) is 0 Å². The number of hydrogen-bond acceptors (Lipinski definition) is 3. The molecule has 0 bridgehead atoms. The Labute approximate surface area is 141 Å². The fourth-order valence-electron chi connectivity index (χ4n) is 3.34. The van der Waals surface area contributed by atoms with E-state index in [0.717, 1.165) is 37.2 Å². The smallest absolute Gasteiger partial charge is 0.272 e. The summed E-state index contributed by atoms with van der Waals surface area (Å²) >= 11 is 0. The lowest BCUT2D eigenvalue weighted by Crippen LogP contribution is -2.44. The summed E-state index contributed by atoms with van der Waals surface area (Å²) in [5, 5.41) is 3.19. The minimum atomic E-state index is -0.364. The van der Waals surface area contributed by atoms with Crippen molar-refractivity contribution in [3.63, 3.8) is 0 Å². The van der Waals surface area contributed by atoms with E-state index in [1.807, 2.05) is 38.7 Å². The Morgan fingerprint density at radius 3 is 2.79 bits per heavy atom. The Morgan fingerprint density at radius 2 is 2.12 bits per heavy atom. The fraction of sp³-hybridized carbons (Fsp3) is 0.611. The molecule has 130 valence electrons. The van der Waals surface area contributed by atoms with Crippen molar-refractivity contribution in [3.05, 3.63) is 33.9 Å². The zero-order chi connectivity index (χ0) is 17.5.